The molecule has 0 aliphatic carbocycles. The third-order valence-electron chi connectivity index (χ3n) is 4.85. The van der Waals surface area contributed by atoms with Crippen molar-refractivity contribution in [3.8, 4) is 0 Å². The smallest absolute Gasteiger partial charge is 0.274 e. The number of aromatic nitrogens is 3. The van der Waals surface area contributed by atoms with E-state index < -0.39 is 9.84 Å². The lowest BCUT2D eigenvalue weighted by molar-refractivity contribution is 0.0671. The van der Waals surface area contributed by atoms with Crippen LogP contribution in [0.15, 0.2) is 46.0 Å². The van der Waals surface area contributed by atoms with Crippen LogP contribution in [0.1, 0.15) is 34.6 Å². The van der Waals surface area contributed by atoms with Gasteiger partial charge in [0.15, 0.2) is 21.2 Å². The largest absolute Gasteiger partial charge is 0.330 e. The van der Waals surface area contributed by atoms with E-state index in [0.717, 1.165) is 15.6 Å². The summed E-state index contributed by atoms with van der Waals surface area (Å²) in [5, 5.41) is 4.33. The molecule has 0 spiro atoms. The molecule has 0 bridgehead atoms. The number of carbonyl (C=O) groups excluding carboxylic acids is 1. The molecule has 1 aromatic carbocycles. The second-order valence-corrected chi connectivity index (χ2v) is 9.59. The predicted octanol–water partition coefficient (Wildman–Crippen LogP) is 2.65. The molecule has 140 valence electrons. The second kappa shape index (κ2) is 6.42. The molecule has 9 heteroatoms. The Kier molecular flexibility index (Phi) is 4.31. The predicted molar refractivity (Wildman–Crippen MR) is 103 cm³/mol. The maximum Gasteiger partial charge on any atom is 0.274 e. The Hall–Kier alpha value is -2.26. The van der Waals surface area contributed by atoms with Crippen LogP contribution in [0.5, 0.6) is 0 Å². The van der Waals surface area contributed by atoms with Gasteiger partial charge in [-0.25, -0.2) is 17.9 Å². The summed E-state index contributed by atoms with van der Waals surface area (Å²) in [6, 6.07) is 6.56. The molecule has 3 heterocycles. The van der Waals surface area contributed by atoms with Crippen molar-refractivity contribution in [1.82, 2.24) is 19.5 Å². The summed E-state index contributed by atoms with van der Waals surface area (Å²) < 4.78 is 26.1. The highest BCUT2D eigenvalue weighted by molar-refractivity contribution is 9.10. The van der Waals surface area contributed by atoms with Gasteiger partial charge >= 0.3 is 0 Å². The van der Waals surface area contributed by atoms with Gasteiger partial charge in [0.25, 0.3) is 5.91 Å². The molecule has 4 rings (SSSR count). The maximum atomic E-state index is 13.0. The molecule has 1 atom stereocenters. The van der Waals surface area contributed by atoms with E-state index in [0.29, 0.717) is 24.3 Å². The molecule has 1 aliphatic rings. The minimum atomic E-state index is -3.30. The van der Waals surface area contributed by atoms with Crippen LogP contribution in [0, 0.1) is 0 Å². The second-order valence-electron chi connectivity index (χ2n) is 6.66. The van der Waals surface area contributed by atoms with E-state index in [2.05, 4.69) is 26.0 Å². The fraction of sp³-hybridized carbons (Fsp3) is 0.278. The summed E-state index contributed by atoms with van der Waals surface area (Å²) >= 11 is 3.34. The number of benzene rings is 1. The number of amides is 1. The van der Waals surface area contributed by atoms with Gasteiger partial charge in [-0.15, -0.1) is 0 Å². The number of fused-ring (bicyclic) bond motifs is 2. The van der Waals surface area contributed by atoms with Crippen molar-refractivity contribution in [2.75, 3.05) is 12.8 Å². The molecular formula is C18H17BrN4O3S. The first-order valence-corrected chi connectivity index (χ1v) is 11.1. The van der Waals surface area contributed by atoms with Crippen molar-refractivity contribution in [2.45, 2.75) is 24.3 Å². The minimum Gasteiger partial charge on any atom is -0.330 e. The number of sulfone groups is 1. The molecular weight excluding hydrogens is 432 g/mol. The number of rotatable bonds is 2. The van der Waals surface area contributed by atoms with Crippen LogP contribution in [-0.4, -0.2) is 46.6 Å². The summed E-state index contributed by atoms with van der Waals surface area (Å²) in [6.45, 7) is 2.46. The van der Waals surface area contributed by atoms with Gasteiger partial charge in [0.1, 0.15) is 0 Å². The van der Waals surface area contributed by atoms with E-state index in [1.165, 1.54) is 6.26 Å². The Morgan fingerprint density at radius 3 is 2.81 bits per heavy atom. The van der Waals surface area contributed by atoms with Crippen LogP contribution in [0.2, 0.25) is 0 Å². The SMILES string of the molecule is CC1c2cc(S(C)(=O)=O)ccc2CCN1C(=O)c1cc2ncc(Br)cn2n1. The Morgan fingerprint density at radius 2 is 2.07 bits per heavy atom. The summed E-state index contributed by atoms with van der Waals surface area (Å²) in [7, 11) is -3.30. The maximum absolute atomic E-state index is 13.0. The molecule has 27 heavy (non-hydrogen) atoms. The average Bonchev–Trinajstić information content (AvgIpc) is 3.03. The van der Waals surface area contributed by atoms with E-state index in [4.69, 9.17) is 0 Å². The molecule has 0 saturated carbocycles. The van der Waals surface area contributed by atoms with E-state index in [9.17, 15) is 13.2 Å². The van der Waals surface area contributed by atoms with Crippen molar-refractivity contribution in [3.05, 3.63) is 58.0 Å². The highest BCUT2D eigenvalue weighted by Gasteiger charge is 2.30. The van der Waals surface area contributed by atoms with Gasteiger partial charge in [-0.1, -0.05) is 6.07 Å². The fourth-order valence-corrected chi connectivity index (χ4v) is 4.36. The molecule has 0 N–H and O–H groups in total. The topological polar surface area (TPSA) is 84.6 Å². The molecule has 3 aromatic rings. The molecule has 1 aliphatic heterocycles. The van der Waals surface area contributed by atoms with Gasteiger partial charge in [0, 0.05) is 31.3 Å². The molecule has 1 unspecified atom stereocenters. The molecule has 0 fully saturated rings. The van der Waals surface area contributed by atoms with Crippen molar-refractivity contribution < 1.29 is 13.2 Å². The van der Waals surface area contributed by atoms with Crippen molar-refractivity contribution in [3.63, 3.8) is 0 Å². The third-order valence-corrected chi connectivity index (χ3v) is 6.37. The monoisotopic (exact) mass is 448 g/mol. The molecule has 7 nitrogen and oxygen atoms in total. The van der Waals surface area contributed by atoms with Crippen LogP contribution in [0.4, 0.5) is 0 Å². The van der Waals surface area contributed by atoms with Crippen LogP contribution in [0.25, 0.3) is 5.65 Å². The average molecular weight is 449 g/mol. The zero-order valence-electron chi connectivity index (χ0n) is 14.8. The van der Waals surface area contributed by atoms with Gasteiger partial charge in [-0.2, -0.15) is 5.10 Å². The number of carbonyl (C=O) groups is 1. The molecule has 2 aromatic heterocycles. The Bertz CT molecular complexity index is 1170. The zero-order chi connectivity index (χ0) is 19.3. The fourth-order valence-electron chi connectivity index (χ4n) is 3.41. The van der Waals surface area contributed by atoms with Crippen LogP contribution in [-0.2, 0) is 16.3 Å². The highest BCUT2D eigenvalue weighted by Crippen LogP contribution is 2.32. The van der Waals surface area contributed by atoms with Crippen molar-refractivity contribution in [1.29, 1.82) is 0 Å². The quantitative estimate of drug-likeness (QED) is 0.601. The van der Waals surface area contributed by atoms with Gasteiger partial charge < -0.3 is 4.90 Å². The first-order valence-electron chi connectivity index (χ1n) is 8.39. The van der Waals surface area contributed by atoms with E-state index >= 15 is 0 Å². The third kappa shape index (κ3) is 3.25. The lowest BCUT2D eigenvalue weighted by Gasteiger charge is -2.35. The molecule has 0 radical (unpaired) electrons. The minimum absolute atomic E-state index is 0.195. The number of hydrogen-bond acceptors (Lipinski definition) is 5. The summed E-state index contributed by atoms with van der Waals surface area (Å²) in [5.74, 6) is -0.195. The van der Waals surface area contributed by atoms with Gasteiger partial charge in [-0.05, 0) is 52.5 Å². The number of hydrogen-bond donors (Lipinski definition) is 0. The lowest BCUT2D eigenvalue weighted by Crippen LogP contribution is -2.39. The van der Waals surface area contributed by atoms with Crippen LogP contribution in [0.3, 0.4) is 0 Å². The highest BCUT2D eigenvalue weighted by atomic mass is 79.9. The van der Waals surface area contributed by atoms with Gasteiger partial charge in [-0.3, -0.25) is 4.79 Å². The lowest BCUT2D eigenvalue weighted by atomic mass is 9.93. The Morgan fingerprint density at radius 1 is 1.30 bits per heavy atom. The summed E-state index contributed by atoms with van der Waals surface area (Å²) in [4.78, 5) is 19.3. The van der Waals surface area contributed by atoms with Gasteiger partial charge in [0.05, 0.1) is 15.4 Å². The first kappa shape index (κ1) is 18.1. The summed E-state index contributed by atoms with van der Waals surface area (Å²) in [6.07, 6.45) is 5.25. The normalized spacial score (nSPS) is 17.1. The first-order chi connectivity index (χ1) is 12.7. The number of nitrogens with zero attached hydrogens (tertiary/aromatic N) is 4. The zero-order valence-corrected chi connectivity index (χ0v) is 17.2. The van der Waals surface area contributed by atoms with E-state index in [-0.39, 0.29) is 16.8 Å². The van der Waals surface area contributed by atoms with Gasteiger partial charge in [0.2, 0.25) is 0 Å². The van der Waals surface area contributed by atoms with Crippen LogP contribution >= 0.6 is 15.9 Å². The standard InChI is InChI=1S/C18H17BrN4O3S/c1-11-15-7-14(27(2,25)26)4-3-12(15)5-6-22(11)18(24)16-8-17-20-9-13(19)10-23(17)21-16/h3-4,7-11H,5-6H2,1-2H3. The Balaban J connectivity index is 1.69. The van der Waals surface area contributed by atoms with E-state index in [1.54, 1.807) is 40.0 Å². The molecule has 0 saturated heterocycles. The van der Waals surface area contributed by atoms with E-state index in [1.807, 2.05) is 13.0 Å². The van der Waals surface area contributed by atoms with Crippen LogP contribution < -0.4 is 0 Å². The number of halogens is 1. The Labute approximate surface area is 165 Å². The van der Waals surface area contributed by atoms with Crippen molar-refractivity contribution >= 4 is 37.3 Å². The molecule has 1 amide bonds. The van der Waals surface area contributed by atoms with Crippen molar-refractivity contribution in [2.24, 2.45) is 0 Å². The summed E-state index contributed by atoms with van der Waals surface area (Å²) in [5.41, 5.74) is 2.84.